The SMILES string of the molecule is CCc1ccc(NC(=O)N[C@@H](Cc2cc(F)cc(F)c2)C(=O)N[C@@H]2C(=O)N3CCC[C@H]3C(=O)N(C)[C@@H](C)C(=O)N[C@@H](C)C(=O)N3CCC[C@H]3C(=O)O[C@H]2C)cc1. The fourth-order valence-corrected chi connectivity index (χ4v) is 7.27. The van der Waals surface area contributed by atoms with Crippen molar-refractivity contribution >= 4 is 47.2 Å². The molecule has 2 aromatic carbocycles. The summed E-state index contributed by atoms with van der Waals surface area (Å²) >= 11 is 0. The van der Waals surface area contributed by atoms with Crippen molar-refractivity contribution in [2.75, 3.05) is 25.5 Å². The highest BCUT2D eigenvalue weighted by molar-refractivity contribution is 5.98. The molecule has 7 atom stereocenters. The number of cyclic esters (lactones) is 1. The van der Waals surface area contributed by atoms with Crippen molar-refractivity contribution in [3.8, 4) is 0 Å². The molecule has 0 unspecified atom stereocenters. The summed E-state index contributed by atoms with van der Waals surface area (Å²) in [5, 5.41) is 10.4. The number of esters is 1. The number of likely N-dealkylation sites (N-methyl/N-ethyl adjacent to an activating group) is 1. The summed E-state index contributed by atoms with van der Waals surface area (Å²) in [5.74, 6) is -6.12. The van der Waals surface area contributed by atoms with Gasteiger partial charge in [0.1, 0.15) is 54.0 Å². The van der Waals surface area contributed by atoms with Gasteiger partial charge in [-0.05, 0) is 88.3 Å². The van der Waals surface area contributed by atoms with E-state index in [4.69, 9.17) is 4.74 Å². The fourth-order valence-electron chi connectivity index (χ4n) is 7.27. The van der Waals surface area contributed by atoms with Gasteiger partial charge in [0.15, 0.2) is 0 Å². The number of hydrogen-bond donors (Lipinski definition) is 4. The van der Waals surface area contributed by atoms with Crippen LogP contribution in [0.4, 0.5) is 19.3 Å². The second-order valence-electron chi connectivity index (χ2n) is 14.5. The quantitative estimate of drug-likeness (QED) is 0.308. The van der Waals surface area contributed by atoms with Gasteiger partial charge in [-0.25, -0.2) is 18.4 Å². The number of aryl methyl sites for hydroxylation is 1. The average molecular weight is 782 g/mol. The number of benzene rings is 2. The van der Waals surface area contributed by atoms with Crippen LogP contribution in [0.1, 0.15) is 64.5 Å². The zero-order valence-electron chi connectivity index (χ0n) is 32.1. The van der Waals surface area contributed by atoms with Crippen molar-refractivity contribution in [1.29, 1.82) is 0 Å². The van der Waals surface area contributed by atoms with Crippen LogP contribution in [-0.4, -0.2) is 119 Å². The van der Waals surface area contributed by atoms with E-state index in [2.05, 4.69) is 21.3 Å². The van der Waals surface area contributed by atoms with E-state index in [1.165, 1.54) is 42.5 Å². The van der Waals surface area contributed by atoms with Gasteiger partial charge in [0.2, 0.25) is 29.5 Å². The van der Waals surface area contributed by atoms with Crippen molar-refractivity contribution in [3.63, 3.8) is 0 Å². The van der Waals surface area contributed by atoms with Crippen molar-refractivity contribution in [2.45, 2.75) is 109 Å². The van der Waals surface area contributed by atoms with Gasteiger partial charge in [0.05, 0.1) is 0 Å². The first-order valence-corrected chi connectivity index (χ1v) is 18.9. The number of anilines is 1. The van der Waals surface area contributed by atoms with Crippen molar-refractivity contribution in [3.05, 3.63) is 65.2 Å². The molecule has 2 aromatic rings. The first-order chi connectivity index (χ1) is 26.6. The summed E-state index contributed by atoms with van der Waals surface area (Å²) in [6.07, 6.45) is 0.334. The first kappa shape index (κ1) is 41.6. The lowest BCUT2D eigenvalue weighted by Gasteiger charge is -2.36. The Bertz CT molecular complexity index is 1830. The second kappa shape index (κ2) is 17.9. The van der Waals surface area contributed by atoms with Crippen LogP contribution in [0.5, 0.6) is 0 Å². The molecule has 0 saturated carbocycles. The third kappa shape index (κ3) is 9.60. The minimum atomic E-state index is -1.62. The van der Waals surface area contributed by atoms with E-state index in [0.29, 0.717) is 24.6 Å². The average Bonchev–Trinajstić information content (AvgIpc) is 3.86. The lowest BCUT2D eigenvalue weighted by Crippen LogP contribution is -2.62. The molecule has 0 aromatic heterocycles. The Morgan fingerprint density at radius 2 is 1.46 bits per heavy atom. The molecule has 0 radical (unpaired) electrons. The van der Waals surface area contributed by atoms with Crippen molar-refractivity contribution in [2.24, 2.45) is 0 Å². The van der Waals surface area contributed by atoms with E-state index in [9.17, 15) is 42.3 Å². The molecular formula is C39H49F2N7O8. The molecule has 0 aliphatic carbocycles. The summed E-state index contributed by atoms with van der Waals surface area (Å²) in [6.45, 7) is 6.63. The lowest BCUT2D eigenvalue weighted by molar-refractivity contribution is -0.162. The van der Waals surface area contributed by atoms with E-state index < -0.39 is 102 Å². The van der Waals surface area contributed by atoms with Crippen LogP contribution in [0.25, 0.3) is 0 Å². The van der Waals surface area contributed by atoms with Crippen LogP contribution >= 0.6 is 0 Å². The van der Waals surface area contributed by atoms with Crippen molar-refractivity contribution < 1.29 is 47.1 Å². The van der Waals surface area contributed by atoms with Gasteiger partial charge in [-0.15, -0.1) is 0 Å². The number of amides is 7. The molecule has 3 heterocycles. The van der Waals surface area contributed by atoms with E-state index in [-0.39, 0.29) is 31.5 Å². The standard InChI is InChI=1S/C39H49F2N7O8/c1-6-24-11-13-28(14-12-24)43-39(55)44-29(19-25-17-26(40)20-27(41)18-25)34(50)45-32-23(4)56-38(54)31-10-8-16-48(31)35(51)21(2)42-33(49)22(3)46(5)36(52)30-9-7-15-47(30)37(32)53/h11-14,17-18,20-23,29-32H,6-10,15-16,19H2,1-5H3,(H,42,49)(H,45,50)(H2,43,44,55)/t21-,22-,23-,29-,30-,31-,32-/m0/s1. The molecular weight excluding hydrogens is 732 g/mol. The molecule has 3 aliphatic heterocycles. The Morgan fingerprint density at radius 3 is 2.09 bits per heavy atom. The van der Waals surface area contributed by atoms with Gasteiger partial charge in [0.25, 0.3) is 0 Å². The van der Waals surface area contributed by atoms with Gasteiger partial charge in [0, 0.05) is 38.3 Å². The Kier molecular flexibility index (Phi) is 13.3. The maximum Gasteiger partial charge on any atom is 0.329 e. The lowest BCUT2D eigenvalue weighted by atomic mass is 10.0. The topological polar surface area (TPSA) is 187 Å². The van der Waals surface area contributed by atoms with Crippen LogP contribution in [0.3, 0.4) is 0 Å². The molecule has 15 nitrogen and oxygen atoms in total. The van der Waals surface area contributed by atoms with Gasteiger partial charge < -0.3 is 40.7 Å². The maximum absolute atomic E-state index is 14.5. The number of carbonyl (C=O) groups is 7. The van der Waals surface area contributed by atoms with Crippen LogP contribution in [0, 0.1) is 11.6 Å². The second-order valence-corrected chi connectivity index (χ2v) is 14.5. The van der Waals surface area contributed by atoms with Gasteiger partial charge in [-0.1, -0.05) is 19.1 Å². The molecule has 3 saturated heterocycles. The zero-order chi connectivity index (χ0) is 40.8. The van der Waals surface area contributed by atoms with Gasteiger partial charge in [-0.2, -0.15) is 0 Å². The highest BCUT2D eigenvalue weighted by Gasteiger charge is 2.45. The van der Waals surface area contributed by atoms with Crippen LogP contribution in [-0.2, 0) is 46.3 Å². The normalized spacial score (nSPS) is 25.6. The molecule has 3 fully saturated rings. The highest BCUT2D eigenvalue weighted by atomic mass is 19.1. The Labute approximate surface area is 323 Å². The third-order valence-electron chi connectivity index (χ3n) is 10.6. The van der Waals surface area contributed by atoms with Crippen LogP contribution in [0.15, 0.2) is 42.5 Å². The first-order valence-electron chi connectivity index (χ1n) is 18.9. The number of halogens is 2. The number of rotatable bonds is 7. The van der Waals surface area contributed by atoms with E-state index >= 15 is 0 Å². The molecule has 56 heavy (non-hydrogen) atoms. The largest absolute Gasteiger partial charge is 0.458 e. The van der Waals surface area contributed by atoms with E-state index in [1.54, 1.807) is 12.1 Å². The molecule has 5 rings (SSSR count). The number of carbonyl (C=O) groups excluding carboxylic acids is 7. The highest BCUT2D eigenvalue weighted by Crippen LogP contribution is 2.25. The smallest absolute Gasteiger partial charge is 0.329 e. The summed E-state index contributed by atoms with van der Waals surface area (Å²) < 4.78 is 34.3. The summed E-state index contributed by atoms with van der Waals surface area (Å²) in [7, 11) is 1.41. The fraction of sp³-hybridized carbons (Fsp3) is 0.513. The maximum atomic E-state index is 14.5. The predicted molar refractivity (Wildman–Crippen MR) is 199 cm³/mol. The minimum absolute atomic E-state index is 0.0191. The van der Waals surface area contributed by atoms with Crippen molar-refractivity contribution in [1.82, 2.24) is 30.7 Å². The Hall–Kier alpha value is -5.61. The number of nitrogens with zero attached hydrogens (tertiary/aromatic N) is 3. The number of hydrogen-bond acceptors (Lipinski definition) is 8. The van der Waals surface area contributed by atoms with Crippen LogP contribution in [0.2, 0.25) is 0 Å². The predicted octanol–water partition coefficient (Wildman–Crippen LogP) is 2.02. The molecule has 7 amide bonds. The summed E-state index contributed by atoms with van der Waals surface area (Å²) in [6, 6.07) is 1.48. The van der Waals surface area contributed by atoms with Crippen LogP contribution < -0.4 is 21.3 Å². The zero-order valence-corrected chi connectivity index (χ0v) is 32.1. The molecule has 4 N–H and O–H groups in total. The molecule has 17 heteroatoms. The van der Waals surface area contributed by atoms with E-state index in [1.807, 2.05) is 19.1 Å². The number of fused-ring (bicyclic) bond motifs is 2. The van der Waals surface area contributed by atoms with Gasteiger partial charge in [-0.3, -0.25) is 24.0 Å². The molecule has 3 aliphatic rings. The molecule has 0 spiro atoms. The van der Waals surface area contributed by atoms with Gasteiger partial charge >= 0.3 is 12.0 Å². The Morgan fingerprint density at radius 1 is 0.857 bits per heavy atom. The summed E-state index contributed by atoms with van der Waals surface area (Å²) in [5.41, 5.74) is 1.44. The number of ether oxygens (including phenoxy) is 1. The number of nitrogens with one attached hydrogen (secondary N) is 4. The Balaban J connectivity index is 1.48. The number of urea groups is 1. The minimum Gasteiger partial charge on any atom is -0.458 e. The molecule has 0 bridgehead atoms. The molecule has 302 valence electrons. The monoisotopic (exact) mass is 781 g/mol. The third-order valence-corrected chi connectivity index (χ3v) is 10.6. The van der Waals surface area contributed by atoms with E-state index in [0.717, 1.165) is 24.1 Å². The summed E-state index contributed by atoms with van der Waals surface area (Å²) in [4.78, 5) is 99.9.